The number of aromatic amines is 1. The van der Waals surface area contributed by atoms with E-state index in [1.807, 2.05) is 18.3 Å². The summed E-state index contributed by atoms with van der Waals surface area (Å²) in [7, 11) is 0. The van der Waals surface area contributed by atoms with Gasteiger partial charge in [-0.25, -0.2) is 0 Å². The Kier molecular flexibility index (Phi) is 3.86. The van der Waals surface area contributed by atoms with Crippen molar-refractivity contribution >= 4 is 28.6 Å². The molecular formula is C12H16LiN. The molecule has 0 aliphatic carbocycles. The molecule has 1 nitrogen and oxygen atoms in total. The van der Waals surface area contributed by atoms with Crippen molar-refractivity contribution in [2.24, 2.45) is 0 Å². The maximum absolute atomic E-state index is 3.12. The largest absolute Gasteiger partial charge is 0.361 e. The number of hydrogen-bond donors (Lipinski definition) is 1. The van der Waals surface area contributed by atoms with Crippen molar-refractivity contribution in [2.45, 2.75) is 24.9 Å². The monoisotopic (exact) mass is 181 g/mol. The molecule has 2 aromatic rings. The molecule has 0 saturated carbocycles. The second-order valence-corrected chi connectivity index (χ2v) is 5.06. The molecule has 0 spiro atoms. The maximum atomic E-state index is 3.12. The molecule has 0 saturated heterocycles. The zero-order chi connectivity index (χ0) is 10.6. The molecule has 0 radical (unpaired) electrons. The number of H-pyrrole nitrogens is 1. The number of hydrogen-bond acceptors (Lipinski definition) is 0. The number of rotatable bonds is 0. The standard InChI is InChI=1S/C8H7N.C4H9.Li/c1-2-4-8-7(3-1)5-6-9-8;1-4(2)3;/h1-6,9H;1-3H3;. The first-order valence-electron chi connectivity index (χ1n) is 4.99. The van der Waals surface area contributed by atoms with E-state index >= 15 is 0 Å². The molecule has 2 heteroatoms. The third-order valence-electron chi connectivity index (χ3n) is 1.46. The topological polar surface area (TPSA) is 15.8 Å². The van der Waals surface area contributed by atoms with Crippen molar-refractivity contribution in [3.05, 3.63) is 36.5 Å². The molecule has 0 fully saturated rings. The molecule has 0 atom stereocenters. The Morgan fingerprint density at radius 2 is 1.64 bits per heavy atom. The third-order valence-corrected chi connectivity index (χ3v) is 1.46. The van der Waals surface area contributed by atoms with Gasteiger partial charge in [0.25, 0.3) is 0 Å². The Morgan fingerprint density at radius 1 is 1.07 bits per heavy atom. The quantitative estimate of drug-likeness (QED) is 0.598. The van der Waals surface area contributed by atoms with Crippen LogP contribution in [0.1, 0.15) is 20.8 Å². The molecule has 0 amide bonds. The van der Waals surface area contributed by atoms with Crippen LogP contribution >= 0.6 is 0 Å². The summed E-state index contributed by atoms with van der Waals surface area (Å²) in [5, 5.41) is 1.28. The summed E-state index contributed by atoms with van der Waals surface area (Å²) in [4.78, 5) is 3.12. The number of nitrogens with one attached hydrogen (secondary N) is 1. The average molecular weight is 181 g/mol. The van der Waals surface area contributed by atoms with Crippen LogP contribution in [0.15, 0.2) is 36.5 Å². The van der Waals surface area contributed by atoms with Gasteiger partial charge in [0, 0.05) is 11.7 Å². The Hall–Kier alpha value is -0.643. The third kappa shape index (κ3) is 4.55. The van der Waals surface area contributed by atoms with Gasteiger partial charge in [0.1, 0.15) is 0 Å². The van der Waals surface area contributed by atoms with Crippen LogP contribution < -0.4 is 0 Å². The van der Waals surface area contributed by atoms with E-state index in [4.69, 9.17) is 0 Å². The first-order chi connectivity index (χ1) is 6.47. The van der Waals surface area contributed by atoms with E-state index in [9.17, 15) is 0 Å². The molecule has 0 bridgehead atoms. The summed E-state index contributed by atoms with van der Waals surface area (Å²) in [6.07, 6.45) is 1.95. The van der Waals surface area contributed by atoms with Crippen LogP contribution in [0.2, 0.25) is 4.09 Å². The fraction of sp³-hybridized carbons (Fsp3) is 0.333. The van der Waals surface area contributed by atoms with Gasteiger partial charge in [-0.2, -0.15) is 0 Å². The summed E-state index contributed by atoms with van der Waals surface area (Å²) < 4.78 is 0.500. The van der Waals surface area contributed by atoms with Gasteiger partial charge in [-0.15, -0.1) is 0 Å². The second kappa shape index (κ2) is 4.73. The first-order valence-corrected chi connectivity index (χ1v) is 4.99. The molecule has 0 unspecified atom stereocenters. The van der Waals surface area contributed by atoms with Crippen LogP contribution in [0.25, 0.3) is 10.9 Å². The van der Waals surface area contributed by atoms with Gasteiger partial charge in [0.2, 0.25) is 0 Å². The van der Waals surface area contributed by atoms with Gasteiger partial charge in [-0.3, -0.25) is 0 Å². The molecule has 1 aromatic carbocycles. The Balaban J connectivity index is 0.000000171. The Labute approximate surface area is 95.1 Å². The zero-order valence-electron chi connectivity index (χ0n) is 9.46. The smallest absolute Gasteiger partial charge is 0.0453 e. The minimum absolute atomic E-state index is 0.500. The van der Waals surface area contributed by atoms with E-state index in [0.29, 0.717) is 4.09 Å². The van der Waals surface area contributed by atoms with E-state index < -0.39 is 0 Å². The number of aromatic nitrogens is 1. The van der Waals surface area contributed by atoms with Gasteiger partial charge >= 0.3 is 42.6 Å². The molecule has 70 valence electrons. The van der Waals surface area contributed by atoms with Crippen LogP contribution in [0, 0.1) is 0 Å². The van der Waals surface area contributed by atoms with Gasteiger partial charge in [-0.1, -0.05) is 18.2 Å². The fourth-order valence-corrected chi connectivity index (χ4v) is 0.995. The minimum atomic E-state index is 0.500. The average Bonchev–Trinajstić information content (AvgIpc) is 2.47. The number of fused-ring (bicyclic) bond motifs is 1. The molecule has 2 rings (SSSR count). The molecule has 0 aliphatic heterocycles. The Bertz CT molecular complexity index is 348. The predicted molar refractivity (Wildman–Crippen MR) is 63.8 cm³/mol. The fourth-order valence-electron chi connectivity index (χ4n) is 0.995. The van der Waals surface area contributed by atoms with Crippen molar-refractivity contribution in [1.29, 1.82) is 0 Å². The molecular weight excluding hydrogens is 165 g/mol. The zero-order valence-corrected chi connectivity index (χ0v) is 9.46. The molecule has 1 heterocycles. The van der Waals surface area contributed by atoms with Crippen molar-refractivity contribution in [3.8, 4) is 0 Å². The van der Waals surface area contributed by atoms with Gasteiger partial charge in [0.15, 0.2) is 0 Å². The van der Waals surface area contributed by atoms with Crippen LogP contribution in [0.3, 0.4) is 0 Å². The molecule has 0 aliphatic rings. The molecule has 14 heavy (non-hydrogen) atoms. The molecule has 1 aromatic heterocycles. The van der Waals surface area contributed by atoms with Gasteiger partial charge in [0.05, 0.1) is 0 Å². The SMILES string of the molecule is [Li][C](C)(C)C.c1ccc2[nH]ccc2c1. The molecule has 1 N–H and O–H groups in total. The maximum Gasteiger partial charge on any atom is 0.0453 e. The van der Waals surface area contributed by atoms with Gasteiger partial charge in [-0.05, 0) is 17.5 Å². The van der Waals surface area contributed by atoms with Crippen LogP contribution in [0.4, 0.5) is 0 Å². The Morgan fingerprint density at radius 3 is 2.21 bits per heavy atom. The summed E-state index contributed by atoms with van der Waals surface area (Å²) in [5.74, 6) is 0. The first kappa shape index (κ1) is 11.4. The van der Waals surface area contributed by atoms with E-state index in [-0.39, 0.29) is 0 Å². The van der Waals surface area contributed by atoms with E-state index in [1.54, 1.807) is 0 Å². The minimum Gasteiger partial charge on any atom is -0.361 e. The normalized spacial score (nSPS) is 10.9. The summed E-state index contributed by atoms with van der Waals surface area (Å²) in [6, 6.07) is 10.3. The van der Waals surface area contributed by atoms with E-state index in [2.05, 4.69) is 61.7 Å². The van der Waals surface area contributed by atoms with Crippen molar-refractivity contribution in [3.63, 3.8) is 0 Å². The van der Waals surface area contributed by atoms with Gasteiger partial charge < -0.3 is 4.98 Å². The van der Waals surface area contributed by atoms with Crippen molar-refractivity contribution < 1.29 is 0 Å². The van der Waals surface area contributed by atoms with Crippen LogP contribution in [-0.2, 0) is 0 Å². The van der Waals surface area contributed by atoms with Crippen molar-refractivity contribution in [1.82, 2.24) is 4.98 Å². The van der Waals surface area contributed by atoms with E-state index in [0.717, 1.165) is 0 Å². The van der Waals surface area contributed by atoms with Crippen LogP contribution in [0.5, 0.6) is 0 Å². The summed E-state index contributed by atoms with van der Waals surface area (Å²) >= 11 is 2.19. The van der Waals surface area contributed by atoms with E-state index in [1.165, 1.54) is 10.9 Å². The number of benzene rings is 1. The van der Waals surface area contributed by atoms with Crippen LogP contribution in [-0.4, -0.2) is 22.7 Å². The second-order valence-electron chi connectivity index (χ2n) is 5.06. The number of para-hydroxylation sites is 1. The predicted octanol–water partition coefficient (Wildman–Crippen LogP) is 3.54. The summed E-state index contributed by atoms with van der Waals surface area (Å²) in [6.45, 7) is 6.56. The summed E-state index contributed by atoms with van der Waals surface area (Å²) in [5.41, 5.74) is 1.21. The van der Waals surface area contributed by atoms with Crippen molar-refractivity contribution in [2.75, 3.05) is 0 Å².